The highest BCUT2D eigenvalue weighted by atomic mass is 16.5. The molecule has 1 saturated carbocycles. The van der Waals surface area contributed by atoms with Crippen molar-refractivity contribution in [2.45, 2.75) is 70.9 Å². The SMILES string of the molecule is CCC(C)Oc1cccc(NC2CCCCCC2)c1. The van der Waals surface area contributed by atoms with Crippen LogP contribution in [-0.4, -0.2) is 12.1 Å². The van der Waals surface area contributed by atoms with Crippen LogP contribution < -0.4 is 10.1 Å². The molecular formula is C17H27NO. The molecule has 106 valence electrons. The van der Waals surface area contributed by atoms with E-state index in [-0.39, 0.29) is 6.10 Å². The molecule has 1 aliphatic rings. The first-order valence-corrected chi connectivity index (χ1v) is 7.81. The zero-order chi connectivity index (χ0) is 13.5. The normalized spacial score (nSPS) is 18.6. The Morgan fingerprint density at radius 3 is 2.63 bits per heavy atom. The lowest BCUT2D eigenvalue weighted by Gasteiger charge is -2.19. The largest absolute Gasteiger partial charge is 0.491 e. The first-order valence-electron chi connectivity index (χ1n) is 7.81. The number of nitrogens with one attached hydrogen (secondary N) is 1. The van der Waals surface area contributed by atoms with Crippen LogP contribution in [0.4, 0.5) is 5.69 Å². The van der Waals surface area contributed by atoms with Gasteiger partial charge in [-0.15, -0.1) is 0 Å². The van der Waals surface area contributed by atoms with E-state index in [2.05, 4.69) is 37.4 Å². The van der Waals surface area contributed by atoms with Crippen LogP contribution in [0, 0.1) is 0 Å². The quantitative estimate of drug-likeness (QED) is 0.753. The summed E-state index contributed by atoms with van der Waals surface area (Å²) in [4.78, 5) is 0. The lowest BCUT2D eigenvalue weighted by Crippen LogP contribution is -2.18. The maximum Gasteiger partial charge on any atom is 0.121 e. The lowest BCUT2D eigenvalue weighted by molar-refractivity contribution is 0.217. The molecule has 2 heteroatoms. The van der Waals surface area contributed by atoms with Crippen molar-refractivity contribution >= 4 is 5.69 Å². The lowest BCUT2D eigenvalue weighted by atomic mass is 10.1. The molecule has 2 rings (SSSR count). The van der Waals surface area contributed by atoms with Gasteiger partial charge in [0, 0.05) is 17.8 Å². The molecule has 0 radical (unpaired) electrons. The van der Waals surface area contributed by atoms with Crippen LogP contribution in [0.3, 0.4) is 0 Å². The van der Waals surface area contributed by atoms with Crippen molar-refractivity contribution < 1.29 is 4.74 Å². The number of rotatable bonds is 5. The third-order valence-electron chi connectivity index (χ3n) is 3.97. The molecule has 1 aliphatic carbocycles. The average Bonchev–Trinajstić information content (AvgIpc) is 2.67. The van der Waals surface area contributed by atoms with Crippen LogP contribution in [0.2, 0.25) is 0 Å². The highest BCUT2D eigenvalue weighted by Crippen LogP contribution is 2.24. The number of benzene rings is 1. The van der Waals surface area contributed by atoms with Crippen molar-refractivity contribution in [3.8, 4) is 5.75 Å². The second-order valence-electron chi connectivity index (χ2n) is 5.70. The Hall–Kier alpha value is -1.18. The van der Waals surface area contributed by atoms with E-state index in [0.29, 0.717) is 6.04 Å². The molecule has 0 spiro atoms. The molecule has 1 fully saturated rings. The van der Waals surface area contributed by atoms with E-state index < -0.39 is 0 Å². The summed E-state index contributed by atoms with van der Waals surface area (Å²) in [5, 5.41) is 3.67. The van der Waals surface area contributed by atoms with E-state index >= 15 is 0 Å². The van der Waals surface area contributed by atoms with E-state index in [1.807, 2.05) is 6.07 Å². The minimum atomic E-state index is 0.285. The smallest absolute Gasteiger partial charge is 0.121 e. The van der Waals surface area contributed by atoms with Gasteiger partial charge in [0.25, 0.3) is 0 Å². The highest BCUT2D eigenvalue weighted by Gasteiger charge is 2.12. The van der Waals surface area contributed by atoms with E-state index in [9.17, 15) is 0 Å². The molecule has 1 unspecified atom stereocenters. The van der Waals surface area contributed by atoms with Crippen LogP contribution in [-0.2, 0) is 0 Å². The second kappa shape index (κ2) is 7.42. The van der Waals surface area contributed by atoms with Gasteiger partial charge >= 0.3 is 0 Å². The van der Waals surface area contributed by atoms with Crippen molar-refractivity contribution in [2.24, 2.45) is 0 Å². The summed E-state index contributed by atoms with van der Waals surface area (Å²) in [6.07, 6.45) is 9.45. The molecule has 0 amide bonds. The maximum absolute atomic E-state index is 5.88. The van der Waals surface area contributed by atoms with E-state index in [1.54, 1.807) is 0 Å². The molecule has 1 N–H and O–H groups in total. The topological polar surface area (TPSA) is 21.3 Å². The number of anilines is 1. The van der Waals surface area contributed by atoms with Gasteiger partial charge in [0.1, 0.15) is 5.75 Å². The van der Waals surface area contributed by atoms with Gasteiger partial charge in [-0.05, 0) is 38.3 Å². The predicted molar refractivity (Wildman–Crippen MR) is 81.9 cm³/mol. The molecule has 1 atom stereocenters. The van der Waals surface area contributed by atoms with Crippen LogP contribution in [0.25, 0.3) is 0 Å². The Morgan fingerprint density at radius 1 is 1.21 bits per heavy atom. The van der Waals surface area contributed by atoms with Gasteiger partial charge in [0.05, 0.1) is 6.10 Å². The third-order valence-corrected chi connectivity index (χ3v) is 3.97. The molecule has 1 aromatic carbocycles. The van der Waals surface area contributed by atoms with Gasteiger partial charge in [-0.25, -0.2) is 0 Å². The van der Waals surface area contributed by atoms with Gasteiger partial charge in [-0.1, -0.05) is 38.7 Å². The van der Waals surface area contributed by atoms with Crippen LogP contribution >= 0.6 is 0 Å². The molecule has 0 aliphatic heterocycles. The standard InChI is InChI=1S/C17H27NO/c1-3-14(2)19-17-12-8-11-16(13-17)18-15-9-6-4-5-7-10-15/h8,11-15,18H,3-7,9-10H2,1-2H3. The molecule has 2 nitrogen and oxygen atoms in total. The Labute approximate surface area is 117 Å². The molecule has 0 saturated heterocycles. The minimum absolute atomic E-state index is 0.285. The Balaban J connectivity index is 1.93. The van der Waals surface area contributed by atoms with E-state index in [0.717, 1.165) is 12.2 Å². The molecule has 19 heavy (non-hydrogen) atoms. The van der Waals surface area contributed by atoms with Gasteiger partial charge in [0.15, 0.2) is 0 Å². The average molecular weight is 261 g/mol. The maximum atomic E-state index is 5.88. The summed E-state index contributed by atoms with van der Waals surface area (Å²) < 4.78 is 5.88. The predicted octanol–water partition coefficient (Wildman–Crippen LogP) is 5.00. The van der Waals surface area contributed by atoms with Crippen molar-refractivity contribution in [3.05, 3.63) is 24.3 Å². The zero-order valence-electron chi connectivity index (χ0n) is 12.3. The third kappa shape index (κ3) is 4.77. The number of hydrogen-bond acceptors (Lipinski definition) is 2. The molecule has 1 aromatic rings. The van der Waals surface area contributed by atoms with Crippen LogP contribution in [0.15, 0.2) is 24.3 Å². The van der Waals surface area contributed by atoms with Crippen molar-refractivity contribution in [1.82, 2.24) is 0 Å². The highest BCUT2D eigenvalue weighted by molar-refractivity contribution is 5.48. The molecular weight excluding hydrogens is 234 g/mol. The van der Waals surface area contributed by atoms with Gasteiger partial charge in [0.2, 0.25) is 0 Å². The summed E-state index contributed by atoms with van der Waals surface area (Å²) in [6.45, 7) is 4.27. The summed E-state index contributed by atoms with van der Waals surface area (Å²) in [5.74, 6) is 0.980. The van der Waals surface area contributed by atoms with Gasteiger partial charge < -0.3 is 10.1 Å². The fraction of sp³-hybridized carbons (Fsp3) is 0.647. The van der Waals surface area contributed by atoms with E-state index in [1.165, 1.54) is 44.2 Å². The molecule has 0 heterocycles. The Bertz CT molecular complexity index is 369. The second-order valence-corrected chi connectivity index (χ2v) is 5.70. The summed E-state index contributed by atoms with van der Waals surface area (Å²) >= 11 is 0. The first kappa shape index (κ1) is 14.2. The van der Waals surface area contributed by atoms with Crippen molar-refractivity contribution in [2.75, 3.05) is 5.32 Å². The molecule has 0 bridgehead atoms. The fourth-order valence-corrected chi connectivity index (χ4v) is 2.63. The monoisotopic (exact) mass is 261 g/mol. The Morgan fingerprint density at radius 2 is 1.95 bits per heavy atom. The zero-order valence-corrected chi connectivity index (χ0v) is 12.3. The van der Waals surface area contributed by atoms with Crippen LogP contribution in [0.5, 0.6) is 5.75 Å². The summed E-state index contributed by atoms with van der Waals surface area (Å²) in [5.41, 5.74) is 1.20. The molecule has 0 aromatic heterocycles. The van der Waals surface area contributed by atoms with Crippen molar-refractivity contribution in [1.29, 1.82) is 0 Å². The van der Waals surface area contributed by atoms with E-state index in [4.69, 9.17) is 4.74 Å². The summed E-state index contributed by atoms with van der Waals surface area (Å²) in [6, 6.07) is 9.05. The first-order chi connectivity index (χ1) is 9.28. The number of ether oxygens (including phenoxy) is 1. The summed E-state index contributed by atoms with van der Waals surface area (Å²) in [7, 11) is 0. The van der Waals surface area contributed by atoms with Gasteiger partial charge in [-0.3, -0.25) is 0 Å². The van der Waals surface area contributed by atoms with Crippen molar-refractivity contribution in [3.63, 3.8) is 0 Å². The van der Waals surface area contributed by atoms with Gasteiger partial charge in [-0.2, -0.15) is 0 Å². The van der Waals surface area contributed by atoms with Crippen LogP contribution in [0.1, 0.15) is 58.8 Å². The fourth-order valence-electron chi connectivity index (χ4n) is 2.63. The minimum Gasteiger partial charge on any atom is -0.491 e. The Kier molecular flexibility index (Phi) is 5.56. The number of hydrogen-bond donors (Lipinski definition) is 1.